The van der Waals surface area contributed by atoms with Gasteiger partial charge in [-0.05, 0) is 72.7 Å². The van der Waals surface area contributed by atoms with E-state index in [4.69, 9.17) is 0 Å². The van der Waals surface area contributed by atoms with Crippen molar-refractivity contribution in [2.75, 3.05) is 19.6 Å². The van der Waals surface area contributed by atoms with Crippen LogP contribution in [0.25, 0.3) is 6.08 Å². The van der Waals surface area contributed by atoms with Crippen LogP contribution in [0, 0.1) is 5.82 Å². The Balaban J connectivity index is 1.35. The minimum atomic E-state index is -0.171. The van der Waals surface area contributed by atoms with Crippen LogP contribution in [0.4, 0.5) is 4.39 Å². The van der Waals surface area contributed by atoms with E-state index in [1.807, 2.05) is 12.1 Å². The zero-order chi connectivity index (χ0) is 19.9. The molecular weight excluding hydrogens is 357 g/mol. The van der Waals surface area contributed by atoms with Crippen molar-refractivity contribution in [3.8, 4) is 0 Å². The van der Waals surface area contributed by atoms with Crippen LogP contribution in [0.15, 0.2) is 84.9 Å². The summed E-state index contributed by atoms with van der Waals surface area (Å²) >= 11 is 0. The van der Waals surface area contributed by atoms with Crippen molar-refractivity contribution < 1.29 is 4.39 Å². The van der Waals surface area contributed by atoms with Crippen LogP contribution in [-0.4, -0.2) is 24.5 Å². The fraction of sp³-hybridized carbons (Fsp3) is 0.259. The normalized spacial score (nSPS) is 15.8. The van der Waals surface area contributed by atoms with E-state index in [2.05, 4.69) is 71.6 Å². The lowest BCUT2D eigenvalue weighted by Gasteiger charge is -2.32. The fourth-order valence-corrected chi connectivity index (χ4v) is 4.24. The molecule has 2 heteroatoms. The van der Waals surface area contributed by atoms with Crippen molar-refractivity contribution in [1.29, 1.82) is 0 Å². The predicted molar refractivity (Wildman–Crippen MR) is 120 cm³/mol. The average Bonchev–Trinajstić information content (AvgIpc) is 2.77. The number of hydrogen-bond donors (Lipinski definition) is 0. The molecule has 3 aromatic carbocycles. The molecule has 0 unspecified atom stereocenters. The lowest BCUT2D eigenvalue weighted by molar-refractivity contribution is 0.232. The van der Waals surface area contributed by atoms with E-state index in [1.165, 1.54) is 35.1 Å². The first kappa shape index (κ1) is 19.6. The molecule has 1 saturated heterocycles. The predicted octanol–water partition coefficient (Wildman–Crippen LogP) is 6.31. The summed E-state index contributed by atoms with van der Waals surface area (Å²) < 4.78 is 13.2. The highest BCUT2D eigenvalue weighted by atomic mass is 19.1. The van der Waals surface area contributed by atoms with Gasteiger partial charge in [0.25, 0.3) is 0 Å². The van der Waals surface area contributed by atoms with Gasteiger partial charge in [0.05, 0.1) is 0 Å². The van der Waals surface area contributed by atoms with E-state index in [0.717, 1.165) is 26.1 Å². The minimum Gasteiger partial charge on any atom is -0.300 e. The molecule has 1 fully saturated rings. The molecule has 1 aliphatic heterocycles. The fourth-order valence-electron chi connectivity index (χ4n) is 4.24. The Morgan fingerprint density at radius 3 is 2.28 bits per heavy atom. The lowest BCUT2D eigenvalue weighted by Crippen LogP contribution is -2.33. The van der Waals surface area contributed by atoms with E-state index in [1.54, 1.807) is 12.1 Å². The molecule has 0 aliphatic carbocycles. The molecule has 4 rings (SSSR count). The second-order valence-corrected chi connectivity index (χ2v) is 7.89. The number of benzene rings is 3. The van der Waals surface area contributed by atoms with Crippen molar-refractivity contribution in [1.82, 2.24) is 4.90 Å². The van der Waals surface area contributed by atoms with Crippen molar-refractivity contribution in [2.24, 2.45) is 0 Å². The van der Waals surface area contributed by atoms with E-state index < -0.39 is 0 Å². The van der Waals surface area contributed by atoms with E-state index in [9.17, 15) is 4.39 Å². The Morgan fingerprint density at radius 1 is 0.828 bits per heavy atom. The average molecular weight is 386 g/mol. The van der Waals surface area contributed by atoms with Crippen LogP contribution in [-0.2, 0) is 6.42 Å². The monoisotopic (exact) mass is 385 g/mol. The standard InChI is InChI=1S/C27H28FN/c28-26-14-12-23(13-15-26)21-25-10-4-5-11-27(25)24-16-19-29(20-17-24)18-6-9-22-7-2-1-3-8-22/h1-15,24H,16-21H2/b9-6+. The van der Waals surface area contributed by atoms with Crippen LogP contribution in [0.2, 0.25) is 0 Å². The molecule has 0 N–H and O–H groups in total. The highest BCUT2D eigenvalue weighted by molar-refractivity contribution is 5.48. The van der Waals surface area contributed by atoms with Gasteiger partial charge in [0.2, 0.25) is 0 Å². The van der Waals surface area contributed by atoms with Gasteiger partial charge in [0.15, 0.2) is 0 Å². The third kappa shape index (κ3) is 5.42. The Bertz CT molecular complexity index is 922. The lowest BCUT2D eigenvalue weighted by atomic mass is 9.85. The third-order valence-electron chi connectivity index (χ3n) is 5.86. The highest BCUT2D eigenvalue weighted by Gasteiger charge is 2.21. The molecule has 0 saturated carbocycles. The second-order valence-electron chi connectivity index (χ2n) is 7.89. The first-order chi connectivity index (χ1) is 14.3. The summed E-state index contributed by atoms with van der Waals surface area (Å²) in [5.41, 5.74) is 5.28. The first-order valence-electron chi connectivity index (χ1n) is 10.5. The summed E-state index contributed by atoms with van der Waals surface area (Å²) in [6.45, 7) is 3.28. The van der Waals surface area contributed by atoms with Crippen LogP contribution in [0.5, 0.6) is 0 Å². The van der Waals surface area contributed by atoms with Gasteiger partial charge in [-0.15, -0.1) is 0 Å². The van der Waals surface area contributed by atoms with Crippen LogP contribution < -0.4 is 0 Å². The molecule has 0 amide bonds. The Morgan fingerprint density at radius 2 is 1.52 bits per heavy atom. The number of piperidine rings is 1. The molecule has 29 heavy (non-hydrogen) atoms. The zero-order valence-corrected chi connectivity index (χ0v) is 16.8. The molecular formula is C27H28FN. The Kier molecular flexibility index (Phi) is 6.53. The Labute approximate surface area is 173 Å². The van der Waals surface area contributed by atoms with Gasteiger partial charge >= 0.3 is 0 Å². The summed E-state index contributed by atoms with van der Waals surface area (Å²) in [6.07, 6.45) is 7.75. The largest absolute Gasteiger partial charge is 0.300 e. The van der Waals surface area contributed by atoms with E-state index >= 15 is 0 Å². The molecule has 1 nitrogen and oxygen atoms in total. The van der Waals surface area contributed by atoms with Gasteiger partial charge in [-0.2, -0.15) is 0 Å². The maximum absolute atomic E-state index is 13.2. The third-order valence-corrected chi connectivity index (χ3v) is 5.86. The molecule has 3 aromatic rings. The topological polar surface area (TPSA) is 3.24 Å². The van der Waals surface area contributed by atoms with Gasteiger partial charge in [0, 0.05) is 6.54 Å². The summed E-state index contributed by atoms with van der Waals surface area (Å²) in [5.74, 6) is 0.441. The van der Waals surface area contributed by atoms with Gasteiger partial charge < -0.3 is 0 Å². The second kappa shape index (κ2) is 9.67. The van der Waals surface area contributed by atoms with Crippen molar-refractivity contribution in [2.45, 2.75) is 25.2 Å². The first-order valence-corrected chi connectivity index (χ1v) is 10.5. The molecule has 1 aliphatic rings. The van der Waals surface area contributed by atoms with Crippen molar-refractivity contribution in [3.05, 3.63) is 113 Å². The smallest absolute Gasteiger partial charge is 0.123 e. The number of likely N-dealkylation sites (tertiary alicyclic amines) is 1. The van der Waals surface area contributed by atoms with Gasteiger partial charge in [-0.3, -0.25) is 4.90 Å². The van der Waals surface area contributed by atoms with Crippen LogP contribution in [0.1, 0.15) is 41.0 Å². The Hall–Kier alpha value is -2.71. The van der Waals surface area contributed by atoms with Crippen LogP contribution >= 0.6 is 0 Å². The molecule has 0 radical (unpaired) electrons. The maximum atomic E-state index is 13.2. The van der Waals surface area contributed by atoms with Crippen molar-refractivity contribution >= 4 is 6.08 Å². The zero-order valence-electron chi connectivity index (χ0n) is 16.8. The quantitative estimate of drug-likeness (QED) is 0.481. The molecule has 0 spiro atoms. The number of hydrogen-bond acceptors (Lipinski definition) is 1. The van der Waals surface area contributed by atoms with Gasteiger partial charge in [0.1, 0.15) is 5.82 Å². The summed E-state index contributed by atoms with van der Waals surface area (Å²) in [5, 5.41) is 0. The SMILES string of the molecule is Fc1ccc(Cc2ccccc2C2CCN(C/C=C/c3ccccc3)CC2)cc1. The van der Waals surface area contributed by atoms with E-state index in [0.29, 0.717) is 5.92 Å². The molecule has 148 valence electrons. The van der Waals surface area contributed by atoms with Crippen molar-refractivity contribution in [3.63, 3.8) is 0 Å². The number of nitrogens with zero attached hydrogens (tertiary/aromatic N) is 1. The molecule has 0 aromatic heterocycles. The summed E-state index contributed by atoms with van der Waals surface area (Å²) in [6, 6.07) is 26.2. The molecule has 0 atom stereocenters. The minimum absolute atomic E-state index is 0.171. The number of rotatable bonds is 6. The summed E-state index contributed by atoms with van der Waals surface area (Å²) in [4.78, 5) is 2.54. The molecule has 1 heterocycles. The van der Waals surface area contributed by atoms with Gasteiger partial charge in [-0.1, -0.05) is 78.9 Å². The maximum Gasteiger partial charge on any atom is 0.123 e. The highest BCUT2D eigenvalue weighted by Crippen LogP contribution is 2.31. The molecule has 0 bridgehead atoms. The van der Waals surface area contributed by atoms with Crippen LogP contribution in [0.3, 0.4) is 0 Å². The number of halogens is 1. The van der Waals surface area contributed by atoms with Gasteiger partial charge in [-0.25, -0.2) is 4.39 Å². The van der Waals surface area contributed by atoms with E-state index in [-0.39, 0.29) is 5.82 Å². The summed E-state index contributed by atoms with van der Waals surface area (Å²) in [7, 11) is 0.